The van der Waals surface area contributed by atoms with E-state index in [4.69, 9.17) is 0 Å². The van der Waals surface area contributed by atoms with Crippen molar-refractivity contribution in [3.8, 4) is 0 Å². The lowest BCUT2D eigenvalue weighted by Gasteiger charge is -2.38. The fraction of sp³-hybridized carbons (Fsp3) is 0.647. The van der Waals surface area contributed by atoms with Gasteiger partial charge in [-0.1, -0.05) is 29.8 Å². The summed E-state index contributed by atoms with van der Waals surface area (Å²) >= 11 is 3.57. The number of hydrogen-bond donors (Lipinski definition) is 2. The largest absolute Gasteiger partial charge is 0.390 e. The van der Waals surface area contributed by atoms with Gasteiger partial charge in [-0.3, -0.25) is 0 Å². The summed E-state index contributed by atoms with van der Waals surface area (Å²) < 4.78 is 1.12. The van der Waals surface area contributed by atoms with E-state index >= 15 is 0 Å². The molecule has 2 rings (SSSR count). The van der Waals surface area contributed by atoms with Crippen LogP contribution in [0.1, 0.15) is 39.2 Å². The van der Waals surface area contributed by atoms with Crippen LogP contribution >= 0.6 is 15.9 Å². The van der Waals surface area contributed by atoms with Crippen LogP contribution in [-0.4, -0.2) is 30.3 Å². The van der Waals surface area contributed by atoms with Crippen LogP contribution in [-0.2, 0) is 6.54 Å². The molecule has 3 nitrogen and oxygen atoms in total. The van der Waals surface area contributed by atoms with Crippen molar-refractivity contribution >= 4 is 21.6 Å². The molecule has 1 aliphatic heterocycles. The minimum absolute atomic E-state index is 0.498. The molecule has 0 spiro atoms. The summed E-state index contributed by atoms with van der Waals surface area (Å²) in [4.78, 5) is 2.40. The summed E-state index contributed by atoms with van der Waals surface area (Å²) in [5.41, 5.74) is 2.12. The van der Waals surface area contributed by atoms with Crippen molar-refractivity contribution in [2.75, 3.05) is 24.5 Å². The highest BCUT2D eigenvalue weighted by atomic mass is 79.9. The number of rotatable bonds is 5. The van der Waals surface area contributed by atoms with E-state index in [2.05, 4.69) is 58.2 Å². The molecule has 1 aliphatic rings. The molecule has 1 aromatic carbocycles. The molecule has 21 heavy (non-hydrogen) atoms. The summed E-state index contributed by atoms with van der Waals surface area (Å²) in [5.74, 6) is 0.658. The zero-order chi connectivity index (χ0) is 15.5. The van der Waals surface area contributed by atoms with E-state index in [0.717, 1.165) is 43.5 Å². The van der Waals surface area contributed by atoms with Gasteiger partial charge in [0.1, 0.15) is 0 Å². The molecule has 2 N–H and O–H groups in total. The Morgan fingerprint density at radius 3 is 2.62 bits per heavy atom. The minimum atomic E-state index is -0.498. The summed E-state index contributed by atoms with van der Waals surface area (Å²) in [5, 5.41) is 13.6. The van der Waals surface area contributed by atoms with E-state index in [1.807, 2.05) is 6.92 Å². The van der Waals surface area contributed by atoms with Crippen LogP contribution < -0.4 is 10.2 Å². The molecule has 4 heteroatoms. The van der Waals surface area contributed by atoms with Crippen molar-refractivity contribution < 1.29 is 5.11 Å². The van der Waals surface area contributed by atoms with Crippen LogP contribution in [0.4, 0.5) is 5.69 Å². The van der Waals surface area contributed by atoms with E-state index in [0.29, 0.717) is 5.92 Å². The molecule has 0 atom stereocenters. The molecule has 1 aromatic rings. The van der Waals surface area contributed by atoms with Crippen molar-refractivity contribution in [2.24, 2.45) is 5.92 Å². The second-order valence-electron chi connectivity index (χ2n) is 6.78. The number of nitrogens with one attached hydrogen (secondary N) is 1. The fourth-order valence-electron chi connectivity index (χ4n) is 2.73. The Labute approximate surface area is 136 Å². The van der Waals surface area contributed by atoms with Gasteiger partial charge in [0.05, 0.1) is 5.60 Å². The second-order valence-corrected chi connectivity index (χ2v) is 7.70. The predicted molar refractivity (Wildman–Crippen MR) is 92.8 cm³/mol. The SMILES string of the molecule is CC(C)CNCc1cc(Br)ccc1N1CCC(C)(O)CC1. The zero-order valence-corrected chi connectivity index (χ0v) is 14.9. The molecule has 0 bridgehead atoms. The van der Waals surface area contributed by atoms with Crippen LogP contribution in [0.5, 0.6) is 0 Å². The smallest absolute Gasteiger partial charge is 0.0653 e. The molecule has 1 saturated heterocycles. The summed E-state index contributed by atoms with van der Waals surface area (Å²) in [6, 6.07) is 6.50. The van der Waals surface area contributed by atoms with Gasteiger partial charge in [0, 0.05) is 29.8 Å². The lowest BCUT2D eigenvalue weighted by atomic mass is 9.93. The van der Waals surface area contributed by atoms with E-state index in [-0.39, 0.29) is 0 Å². The monoisotopic (exact) mass is 354 g/mol. The Kier molecular flexibility index (Phi) is 5.69. The number of benzene rings is 1. The van der Waals surface area contributed by atoms with Gasteiger partial charge >= 0.3 is 0 Å². The molecule has 0 amide bonds. The van der Waals surface area contributed by atoms with E-state index in [1.54, 1.807) is 0 Å². The van der Waals surface area contributed by atoms with Crippen molar-refractivity contribution in [3.05, 3.63) is 28.2 Å². The third-order valence-electron chi connectivity index (χ3n) is 4.09. The number of anilines is 1. The first kappa shape index (κ1) is 16.8. The first-order valence-electron chi connectivity index (χ1n) is 7.84. The molecule has 0 aromatic heterocycles. The Bertz CT molecular complexity index is 464. The molecule has 0 saturated carbocycles. The highest BCUT2D eigenvalue weighted by Gasteiger charge is 2.28. The first-order valence-corrected chi connectivity index (χ1v) is 8.63. The van der Waals surface area contributed by atoms with Crippen LogP contribution in [0.25, 0.3) is 0 Å². The molecular weight excluding hydrogens is 328 g/mol. The van der Waals surface area contributed by atoms with Crippen molar-refractivity contribution in [1.29, 1.82) is 0 Å². The van der Waals surface area contributed by atoms with Crippen molar-refractivity contribution in [2.45, 2.75) is 45.8 Å². The third-order valence-corrected chi connectivity index (χ3v) is 4.58. The molecule has 1 fully saturated rings. The van der Waals surface area contributed by atoms with Gasteiger partial charge in [-0.25, -0.2) is 0 Å². The van der Waals surface area contributed by atoms with E-state index < -0.39 is 5.60 Å². The summed E-state index contributed by atoms with van der Waals surface area (Å²) in [6.45, 7) is 10.2. The van der Waals surface area contributed by atoms with Crippen LogP contribution in [0.2, 0.25) is 0 Å². The van der Waals surface area contributed by atoms with Crippen LogP contribution in [0.3, 0.4) is 0 Å². The van der Waals surface area contributed by atoms with E-state index in [9.17, 15) is 5.11 Å². The average molecular weight is 355 g/mol. The lowest BCUT2D eigenvalue weighted by Crippen LogP contribution is -2.43. The molecule has 0 radical (unpaired) electrons. The lowest BCUT2D eigenvalue weighted by molar-refractivity contribution is 0.0351. The number of aliphatic hydroxyl groups is 1. The predicted octanol–water partition coefficient (Wildman–Crippen LogP) is 3.55. The topological polar surface area (TPSA) is 35.5 Å². The Hall–Kier alpha value is -0.580. The normalized spacial score (nSPS) is 18.3. The average Bonchev–Trinajstić information content (AvgIpc) is 2.39. The van der Waals surface area contributed by atoms with E-state index in [1.165, 1.54) is 11.3 Å². The highest BCUT2D eigenvalue weighted by Crippen LogP contribution is 2.30. The third kappa shape index (κ3) is 4.97. The quantitative estimate of drug-likeness (QED) is 0.848. The zero-order valence-electron chi connectivity index (χ0n) is 13.3. The van der Waals surface area contributed by atoms with Crippen molar-refractivity contribution in [3.63, 3.8) is 0 Å². The Balaban J connectivity index is 2.08. The number of nitrogens with zero attached hydrogens (tertiary/aromatic N) is 1. The molecular formula is C17H27BrN2O. The maximum Gasteiger partial charge on any atom is 0.0653 e. The van der Waals surface area contributed by atoms with Gasteiger partial charge in [0.15, 0.2) is 0 Å². The molecule has 118 valence electrons. The highest BCUT2D eigenvalue weighted by molar-refractivity contribution is 9.10. The van der Waals surface area contributed by atoms with Crippen LogP contribution in [0.15, 0.2) is 22.7 Å². The molecule has 0 aliphatic carbocycles. The van der Waals surface area contributed by atoms with Crippen molar-refractivity contribution in [1.82, 2.24) is 5.32 Å². The van der Waals surface area contributed by atoms with Gasteiger partial charge < -0.3 is 15.3 Å². The minimum Gasteiger partial charge on any atom is -0.390 e. The molecule has 1 heterocycles. The summed E-state index contributed by atoms with van der Waals surface area (Å²) in [6.07, 6.45) is 1.67. The van der Waals surface area contributed by atoms with Gasteiger partial charge in [0.25, 0.3) is 0 Å². The van der Waals surface area contributed by atoms with Crippen LogP contribution in [0, 0.1) is 5.92 Å². The van der Waals surface area contributed by atoms with Gasteiger partial charge in [-0.05, 0) is 56.0 Å². The maximum absolute atomic E-state index is 10.1. The number of halogens is 1. The fourth-order valence-corrected chi connectivity index (χ4v) is 3.14. The van der Waals surface area contributed by atoms with Gasteiger partial charge in [-0.2, -0.15) is 0 Å². The molecule has 0 unspecified atom stereocenters. The van der Waals surface area contributed by atoms with Gasteiger partial charge in [0.2, 0.25) is 0 Å². The summed E-state index contributed by atoms with van der Waals surface area (Å²) in [7, 11) is 0. The standard InChI is InChI=1S/C17H27BrN2O/c1-13(2)11-19-12-14-10-15(18)4-5-16(14)20-8-6-17(3,21)7-9-20/h4-5,10,13,19,21H,6-9,11-12H2,1-3H3. The first-order chi connectivity index (χ1) is 9.87. The number of hydrogen-bond acceptors (Lipinski definition) is 3. The Morgan fingerprint density at radius 1 is 1.33 bits per heavy atom. The Morgan fingerprint density at radius 2 is 2.00 bits per heavy atom. The van der Waals surface area contributed by atoms with Gasteiger partial charge in [-0.15, -0.1) is 0 Å². The number of piperidine rings is 1. The second kappa shape index (κ2) is 7.12. The maximum atomic E-state index is 10.1.